The number of aromatic carboxylic acids is 1. The second-order valence-corrected chi connectivity index (χ2v) is 4.10. The van der Waals surface area contributed by atoms with Gasteiger partial charge < -0.3 is 10.2 Å². The monoisotopic (exact) mass is 227 g/mol. The molecule has 0 aliphatic carbocycles. The van der Waals surface area contributed by atoms with Crippen molar-refractivity contribution in [1.29, 1.82) is 0 Å². The Morgan fingerprint density at radius 1 is 1.60 bits per heavy atom. The predicted molar refractivity (Wildman–Crippen MR) is 58.2 cm³/mol. The van der Waals surface area contributed by atoms with Crippen LogP contribution in [0.5, 0.6) is 0 Å². The molecule has 0 radical (unpaired) electrons. The van der Waals surface area contributed by atoms with Gasteiger partial charge in [-0.3, -0.25) is 0 Å². The highest BCUT2D eigenvalue weighted by Gasteiger charge is 2.05. The van der Waals surface area contributed by atoms with Crippen LogP contribution in [0.3, 0.4) is 0 Å². The van der Waals surface area contributed by atoms with E-state index >= 15 is 0 Å². The summed E-state index contributed by atoms with van der Waals surface area (Å²) >= 11 is 1.42. The molecule has 4 nitrogen and oxygen atoms in total. The third kappa shape index (κ3) is 3.89. The van der Waals surface area contributed by atoms with Crippen LogP contribution in [0.25, 0.3) is 0 Å². The van der Waals surface area contributed by atoms with Crippen molar-refractivity contribution in [2.75, 3.05) is 5.75 Å². The molecule has 0 saturated carbocycles. The molecule has 1 atom stereocenters. The average Bonchev–Trinajstić information content (AvgIpc) is 2.26. The normalized spacial score (nSPS) is 12.4. The van der Waals surface area contributed by atoms with E-state index in [-0.39, 0.29) is 11.7 Å². The van der Waals surface area contributed by atoms with Gasteiger partial charge in [-0.05, 0) is 18.6 Å². The van der Waals surface area contributed by atoms with Crippen molar-refractivity contribution >= 4 is 17.7 Å². The third-order valence-corrected chi connectivity index (χ3v) is 2.97. The fraction of sp³-hybridized carbons (Fsp3) is 0.400. The van der Waals surface area contributed by atoms with E-state index in [0.717, 1.165) is 5.03 Å². The minimum Gasteiger partial charge on any atom is -0.478 e. The zero-order valence-electron chi connectivity index (χ0n) is 8.38. The number of carboxylic acids is 1. The molecule has 5 heteroatoms. The van der Waals surface area contributed by atoms with Gasteiger partial charge >= 0.3 is 5.97 Å². The molecule has 2 N–H and O–H groups in total. The maximum Gasteiger partial charge on any atom is 0.337 e. The number of aliphatic hydroxyl groups excluding tert-OH is 1. The molecule has 15 heavy (non-hydrogen) atoms. The summed E-state index contributed by atoms with van der Waals surface area (Å²) in [6.45, 7) is 1.91. The second kappa shape index (κ2) is 5.72. The summed E-state index contributed by atoms with van der Waals surface area (Å²) in [6.07, 6.45) is 1.69. The Morgan fingerprint density at radius 3 is 2.80 bits per heavy atom. The van der Waals surface area contributed by atoms with Crippen LogP contribution in [-0.4, -0.2) is 33.0 Å². The molecule has 0 fully saturated rings. The molecule has 82 valence electrons. The first kappa shape index (κ1) is 12.0. The van der Waals surface area contributed by atoms with Gasteiger partial charge in [0.15, 0.2) is 0 Å². The molecule has 1 aromatic heterocycles. The van der Waals surface area contributed by atoms with Gasteiger partial charge in [0.05, 0.1) is 16.7 Å². The van der Waals surface area contributed by atoms with E-state index in [1.165, 1.54) is 24.0 Å². The van der Waals surface area contributed by atoms with Crippen molar-refractivity contribution < 1.29 is 15.0 Å². The van der Waals surface area contributed by atoms with Crippen molar-refractivity contribution in [3.05, 3.63) is 23.9 Å². The van der Waals surface area contributed by atoms with Crippen molar-refractivity contribution in [2.24, 2.45) is 0 Å². The topological polar surface area (TPSA) is 70.4 Å². The molecular formula is C10H13NO3S. The molecule has 0 aromatic carbocycles. The Hall–Kier alpha value is -1.07. The van der Waals surface area contributed by atoms with Crippen molar-refractivity contribution in [3.63, 3.8) is 0 Å². The van der Waals surface area contributed by atoms with E-state index in [2.05, 4.69) is 4.98 Å². The Balaban J connectivity index is 2.53. The van der Waals surface area contributed by atoms with Crippen LogP contribution in [0, 0.1) is 0 Å². The van der Waals surface area contributed by atoms with Crippen LogP contribution < -0.4 is 0 Å². The third-order valence-electron chi connectivity index (χ3n) is 1.88. The predicted octanol–water partition coefficient (Wildman–Crippen LogP) is 1.64. The number of aromatic nitrogens is 1. The number of aliphatic hydroxyl groups is 1. The summed E-state index contributed by atoms with van der Waals surface area (Å²) in [4.78, 5) is 14.5. The zero-order valence-corrected chi connectivity index (χ0v) is 9.20. The minimum atomic E-state index is -0.979. The molecule has 0 aliphatic heterocycles. The number of thioether (sulfide) groups is 1. The summed E-state index contributed by atoms with van der Waals surface area (Å²) in [7, 11) is 0. The lowest BCUT2D eigenvalue weighted by molar-refractivity contribution is 0.0696. The van der Waals surface area contributed by atoms with Crippen LogP contribution in [-0.2, 0) is 0 Å². The van der Waals surface area contributed by atoms with E-state index < -0.39 is 5.97 Å². The first-order valence-corrected chi connectivity index (χ1v) is 5.62. The number of hydrogen-bond donors (Lipinski definition) is 2. The largest absolute Gasteiger partial charge is 0.478 e. The number of rotatable bonds is 5. The summed E-state index contributed by atoms with van der Waals surface area (Å²) in [5.41, 5.74) is 0.176. The average molecular weight is 227 g/mol. The molecule has 0 bridgehead atoms. The molecule has 1 unspecified atom stereocenters. The summed E-state index contributed by atoms with van der Waals surface area (Å²) < 4.78 is 0. The van der Waals surface area contributed by atoms with Crippen LogP contribution >= 0.6 is 11.8 Å². The number of carbonyl (C=O) groups is 1. The van der Waals surface area contributed by atoms with Crippen molar-refractivity contribution in [1.82, 2.24) is 4.98 Å². The van der Waals surface area contributed by atoms with E-state index in [1.54, 1.807) is 6.07 Å². The van der Waals surface area contributed by atoms with Gasteiger partial charge in [-0.1, -0.05) is 6.92 Å². The molecular weight excluding hydrogens is 214 g/mol. The van der Waals surface area contributed by atoms with Crippen molar-refractivity contribution in [2.45, 2.75) is 24.5 Å². The van der Waals surface area contributed by atoms with E-state index in [0.29, 0.717) is 12.2 Å². The SMILES string of the molecule is CCC(O)CSc1ccc(C(=O)O)cn1. The minimum absolute atomic E-state index is 0.176. The first-order valence-electron chi connectivity index (χ1n) is 4.63. The zero-order chi connectivity index (χ0) is 11.3. The fourth-order valence-corrected chi connectivity index (χ4v) is 1.78. The standard InChI is InChI=1S/C10H13NO3S/c1-2-8(12)6-15-9-4-3-7(5-11-9)10(13)14/h3-5,8,12H,2,6H2,1H3,(H,13,14). The first-order chi connectivity index (χ1) is 7.13. The Labute approximate surface area is 92.3 Å². The van der Waals surface area contributed by atoms with Crippen LogP contribution in [0.15, 0.2) is 23.4 Å². The van der Waals surface area contributed by atoms with Gasteiger partial charge in [-0.15, -0.1) is 11.8 Å². The van der Waals surface area contributed by atoms with Crippen LogP contribution in [0.4, 0.5) is 0 Å². The maximum absolute atomic E-state index is 10.5. The fourth-order valence-electron chi connectivity index (χ4n) is 0.892. The van der Waals surface area contributed by atoms with Gasteiger partial charge in [-0.25, -0.2) is 9.78 Å². The molecule has 0 spiro atoms. The summed E-state index contributed by atoms with van der Waals surface area (Å²) in [6, 6.07) is 3.16. The van der Waals surface area contributed by atoms with Gasteiger partial charge in [0.2, 0.25) is 0 Å². The molecule has 1 rings (SSSR count). The second-order valence-electron chi connectivity index (χ2n) is 3.06. The molecule has 1 heterocycles. The lowest BCUT2D eigenvalue weighted by Crippen LogP contribution is -2.07. The number of pyridine rings is 1. The quantitative estimate of drug-likeness (QED) is 0.748. The molecule has 0 saturated heterocycles. The highest BCUT2D eigenvalue weighted by atomic mass is 32.2. The summed E-state index contributed by atoms with van der Waals surface area (Å²) in [5.74, 6) is -0.400. The van der Waals surface area contributed by atoms with Gasteiger partial charge in [-0.2, -0.15) is 0 Å². The number of hydrogen-bond acceptors (Lipinski definition) is 4. The van der Waals surface area contributed by atoms with E-state index in [4.69, 9.17) is 5.11 Å². The van der Waals surface area contributed by atoms with Crippen molar-refractivity contribution in [3.8, 4) is 0 Å². The Bertz CT molecular complexity index is 326. The lowest BCUT2D eigenvalue weighted by Gasteiger charge is -2.06. The van der Waals surface area contributed by atoms with E-state index in [9.17, 15) is 9.90 Å². The number of carboxylic acid groups (broad SMARTS) is 1. The van der Waals surface area contributed by atoms with Gasteiger partial charge in [0.1, 0.15) is 0 Å². The Morgan fingerprint density at radius 2 is 2.33 bits per heavy atom. The van der Waals surface area contributed by atoms with E-state index in [1.807, 2.05) is 6.92 Å². The summed E-state index contributed by atoms with van der Waals surface area (Å²) in [5, 5.41) is 18.7. The van der Waals surface area contributed by atoms with Crippen LogP contribution in [0.1, 0.15) is 23.7 Å². The smallest absolute Gasteiger partial charge is 0.337 e. The maximum atomic E-state index is 10.5. The molecule has 0 aliphatic rings. The number of nitrogens with zero attached hydrogens (tertiary/aromatic N) is 1. The highest BCUT2D eigenvalue weighted by Crippen LogP contribution is 2.17. The Kier molecular flexibility index (Phi) is 4.58. The molecule has 1 aromatic rings. The molecule has 0 amide bonds. The van der Waals surface area contributed by atoms with Crippen LogP contribution in [0.2, 0.25) is 0 Å². The highest BCUT2D eigenvalue weighted by molar-refractivity contribution is 7.99. The van der Waals surface area contributed by atoms with Gasteiger partial charge in [0, 0.05) is 11.9 Å². The lowest BCUT2D eigenvalue weighted by atomic mass is 10.3. The van der Waals surface area contributed by atoms with Gasteiger partial charge in [0.25, 0.3) is 0 Å².